The smallest absolute Gasteiger partial charge is 0.236 e. The van der Waals surface area contributed by atoms with Crippen LogP contribution in [0.25, 0.3) is 0 Å². The Balaban J connectivity index is 0.00000242. The van der Waals surface area contributed by atoms with E-state index < -0.39 is 0 Å². The van der Waals surface area contributed by atoms with Crippen LogP contribution in [0.5, 0.6) is 0 Å². The normalized spacial score (nSPS) is 23.3. The first kappa shape index (κ1) is 22.9. The highest BCUT2D eigenvalue weighted by Gasteiger charge is 2.28. The minimum atomic E-state index is 0. The Morgan fingerprint density at radius 1 is 1.26 bits per heavy atom. The Morgan fingerprint density at radius 2 is 1.91 bits per heavy atom. The lowest BCUT2D eigenvalue weighted by molar-refractivity contribution is -0.135. The van der Waals surface area contributed by atoms with Gasteiger partial charge in [-0.15, -0.1) is 24.8 Å². The van der Waals surface area contributed by atoms with Crippen LogP contribution < -0.4 is 5.32 Å². The summed E-state index contributed by atoms with van der Waals surface area (Å²) in [5.74, 6) is 0.229. The molecule has 0 spiro atoms. The third-order valence-electron chi connectivity index (χ3n) is 4.91. The van der Waals surface area contributed by atoms with Gasteiger partial charge in [-0.05, 0) is 46.4 Å². The molecule has 2 aliphatic rings. The summed E-state index contributed by atoms with van der Waals surface area (Å²) < 4.78 is 0. The summed E-state index contributed by atoms with van der Waals surface area (Å²) in [6.07, 6.45) is 2.99. The van der Waals surface area contributed by atoms with Crippen LogP contribution in [-0.4, -0.2) is 97.8 Å². The first-order valence-electron chi connectivity index (χ1n) is 8.11. The van der Waals surface area contributed by atoms with Crippen molar-refractivity contribution in [2.24, 2.45) is 0 Å². The average Bonchev–Trinajstić information content (AvgIpc) is 2.50. The molecule has 0 saturated carbocycles. The van der Waals surface area contributed by atoms with Crippen molar-refractivity contribution in [3.05, 3.63) is 0 Å². The number of nitrogens with zero attached hydrogens (tertiary/aromatic N) is 3. The van der Waals surface area contributed by atoms with E-state index >= 15 is 0 Å². The SMILES string of the molecule is CN1CCN(C(=O)CN(C)C2CCNCC2)CC1CCO.Cl.Cl. The van der Waals surface area contributed by atoms with E-state index in [1.807, 2.05) is 4.90 Å². The summed E-state index contributed by atoms with van der Waals surface area (Å²) in [5.41, 5.74) is 0. The number of aliphatic hydroxyl groups is 1. The molecular weight excluding hydrogens is 339 g/mol. The van der Waals surface area contributed by atoms with Gasteiger partial charge in [0.2, 0.25) is 5.91 Å². The molecule has 23 heavy (non-hydrogen) atoms. The number of nitrogens with one attached hydrogen (secondary N) is 1. The van der Waals surface area contributed by atoms with Crippen molar-refractivity contribution in [2.75, 3.05) is 60.0 Å². The van der Waals surface area contributed by atoms with Gasteiger partial charge < -0.3 is 15.3 Å². The van der Waals surface area contributed by atoms with E-state index in [0.29, 0.717) is 12.6 Å². The van der Waals surface area contributed by atoms with Crippen molar-refractivity contribution >= 4 is 30.7 Å². The zero-order valence-corrected chi connectivity index (χ0v) is 15.9. The van der Waals surface area contributed by atoms with Crippen LogP contribution in [0.2, 0.25) is 0 Å². The second kappa shape index (κ2) is 11.4. The Morgan fingerprint density at radius 3 is 2.52 bits per heavy atom. The van der Waals surface area contributed by atoms with E-state index in [2.05, 4.69) is 29.2 Å². The van der Waals surface area contributed by atoms with Crippen LogP contribution in [0.3, 0.4) is 0 Å². The lowest BCUT2D eigenvalue weighted by atomic mass is 10.1. The van der Waals surface area contributed by atoms with Crippen LogP contribution in [0.1, 0.15) is 19.3 Å². The Kier molecular flexibility index (Phi) is 11.4. The molecule has 1 amide bonds. The second-order valence-electron chi connectivity index (χ2n) is 6.38. The van der Waals surface area contributed by atoms with E-state index in [1.54, 1.807) is 0 Å². The quantitative estimate of drug-likeness (QED) is 0.715. The zero-order chi connectivity index (χ0) is 15.2. The predicted molar refractivity (Wildman–Crippen MR) is 97.7 cm³/mol. The Bertz CT molecular complexity index is 343. The highest BCUT2D eigenvalue weighted by molar-refractivity contribution is 5.85. The van der Waals surface area contributed by atoms with Gasteiger partial charge in [-0.3, -0.25) is 14.6 Å². The first-order valence-corrected chi connectivity index (χ1v) is 8.11. The van der Waals surface area contributed by atoms with E-state index in [0.717, 1.165) is 52.0 Å². The van der Waals surface area contributed by atoms with Crippen LogP contribution in [0, 0.1) is 0 Å². The fourth-order valence-electron chi connectivity index (χ4n) is 3.32. The highest BCUT2D eigenvalue weighted by atomic mass is 35.5. The maximum atomic E-state index is 12.5. The number of carbonyl (C=O) groups is 1. The molecule has 0 bridgehead atoms. The van der Waals surface area contributed by atoms with Gasteiger partial charge in [0.25, 0.3) is 0 Å². The molecule has 2 heterocycles. The monoisotopic (exact) mass is 370 g/mol. The molecule has 2 aliphatic heterocycles. The molecule has 0 aromatic heterocycles. The van der Waals surface area contributed by atoms with Crippen molar-refractivity contribution < 1.29 is 9.90 Å². The molecule has 2 saturated heterocycles. The fourth-order valence-corrected chi connectivity index (χ4v) is 3.32. The number of rotatable bonds is 5. The molecule has 0 radical (unpaired) electrons. The number of likely N-dealkylation sites (N-methyl/N-ethyl adjacent to an activating group) is 2. The molecule has 2 fully saturated rings. The van der Waals surface area contributed by atoms with Crippen LogP contribution in [-0.2, 0) is 4.79 Å². The number of hydrogen-bond donors (Lipinski definition) is 2. The van der Waals surface area contributed by atoms with E-state index in [9.17, 15) is 4.79 Å². The topological polar surface area (TPSA) is 59.0 Å². The van der Waals surface area contributed by atoms with E-state index in [1.165, 1.54) is 0 Å². The standard InChI is InChI=1S/C15H30N4O2.2ClH/c1-17-8-9-19(11-14(17)5-10-20)15(21)12-18(2)13-3-6-16-7-4-13;;/h13-14,16,20H,3-12H2,1-2H3;2*1H. The van der Waals surface area contributed by atoms with Gasteiger partial charge in [0, 0.05) is 38.3 Å². The summed E-state index contributed by atoms with van der Waals surface area (Å²) in [6, 6.07) is 0.813. The molecule has 2 N–H and O–H groups in total. The minimum Gasteiger partial charge on any atom is -0.396 e. The van der Waals surface area contributed by atoms with Crippen LogP contribution >= 0.6 is 24.8 Å². The van der Waals surface area contributed by atoms with Gasteiger partial charge in [0.15, 0.2) is 0 Å². The number of halogens is 2. The molecule has 6 nitrogen and oxygen atoms in total. The number of amides is 1. The largest absolute Gasteiger partial charge is 0.396 e. The predicted octanol–water partition coefficient (Wildman–Crippen LogP) is 0.0388. The highest BCUT2D eigenvalue weighted by Crippen LogP contribution is 2.13. The molecule has 2 rings (SSSR count). The van der Waals surface area contributed by atoms with Crippen molar-refractivity contribution in [3.8, 4) is 0 Å². The van der Waals surface area contributed by atoms with Gasteiger partial charge in [-0.25, -0.2) is 0 Å². The van der Waals surface area contributed by atoms with Crippen molar-refractivity contribution in [1.82, 2.24) is 20.0 Å². The van der Waals surface area contributed by atoms with Gasteiger partial charge >= 0.3 is 0 Å². The van der Waals surface area contributed by atoms with Crippen LogP contribution in [0.4, 0.5) is 0 Å². The maximum Gasteiger partial charge on any atom is 0.236 e. The average molecular weight is 371 g/mol. The molecular formula is C15H32Cl2N4O2. The minimum absolute atomic E-state index is 0. The van der Waals surface area contributed by atoms with Crippen molar-refractivity contribution in [1.29, 1.82) is 0 Å². The van der Waals surface area contributed by atoms with Gasteiger partial charge in [-0.1, -0.05) is 0 Å². The molecule has 0 aliphatic carbocycles. The van der Waals surface area contributed by atoms with Gasteiger partial charge in [0.1, 0.15) is 0 Å². The second-order valence-corrected chi connectivity index (χ2v) is 6.38. The molecule has 1 unspecified atom stereocenters. The van der Waals surface area contributed by atoms with E-state index in [-0.39, 0.29) is 43.4 Å². The van der Waals surface area contributed by atoms with Crippen molar-refractivity contribution in [3.63, 3.8) is 0 Å². The summed E-state index contributed by atoms with van der Waals surface area (Å²) in [7, 11) is 4.14. The third kappa shape index (κ3) is 6.72. The summed E-state index contributed by atoms with van der Waals surface area (Å²) in [6.45, 7) is 5.25. The van der Waals surface area contributed by atoms with Gasteiger partial charge in [0.05, 0.1) is 6.54 Å². The molecule has 1 atom stereocenters. The lowest BCUT2D eigenvalue weighted by Gasteiger charge is -2.40. The number of carbonyl (C=O) groups excluding carboxylic acids is 1. The number of piperazine rings is 1. The van der Waals surface area contributed by atoms with Crippen molar-refractivity contribution in [2.45, 2.75) is 31.3 Å². The Labute approximate surface area is 152 Å². The zero-order valence-electron chi connectivity index (χ0n) is 14.2. The van der Waals surface area contributed by atoms with Gasteiger partial charge in [-0.2, -0.15) is 0 Å². The molecule has 138 valence electrons. The fraction of sp³-hybridized carbons (Fsp3) is 0.933. The van der Waals surface area contributed by atoms with Crippen LogP contribution in [0.15, 0.2) is 0 Å². The molecule has 8 heteroatoms. The Hall–Kier alpha value is -0.110. The number of piperidine rings is 1. The number of aliphatic hydroxyl groups excluding tert-OH is 1. The van der Waals surface area contributed by atoms with E-state index in [4.69, 9.17) is 5.11 Å². The number of hydrogen-bond acceptors (Lipinski definition) is 5. The third-order valence-corrected chi connectivity index (χ3v) is 4.91. The lowest BCUT2D eigenvalue weighted by Crippen LogP contribution is -2.55. The summed E-state index contributed by atoms with van der Waals surface area (Å²) in [5, 5.41) is 12.5. The molecule has 0 aromatic carbocycles. The summed E-state index contributed by atoms with van der Waals surface area (Å²) in [4.78, 5) is 18.9. The maximum absolute atomic E-state index is 12.5. The molecule has 0 aromatic rings. The summed E-state index contributed by atoms with van der Waals surface area (Å²) >= 11 is 0. The first-order chi connectivity index (χ1) is 10.1.